The second-order valence-electron chi connectivity index (χ2n) is 13.9. The van der Waals surface area contributed by atoms with Crippen molar-refractivity contribution in [2.24, 2.45) is 11.8 Å². The molecule has 4 aliphatic heterocycles. The predicted molar refractivity (Wildman–Crippen MR) is 162 cm³/mol. The normalized spacial score (nSPS) is 25.6. The maximum Gasteiger partial charge on any atom is 0.418 e. The first-order chi connectivity index (χ1) is 21.5. The SMILES string of the molecule is C[C@H]1CCCN(Cc2cc(C(F)(F)F)c3cn(-c4cc(F)cc([C@@H](C5COC5)C5N(C)CN[N+]56CCCCC6)c4)c(=O)n3c2)C1. The van der Waals surface area contributed by atoms with E-state index in [0.29, 0.717) is 37.9 Å². The first-order valence-corrected chi connectivity index (χ1v) is 16.3. The van der Waals surface area contributed by atoms with E-state index in [0.717, 1.165) is 72.5 Å². The molecule has 12 heteroatoms. The van der Waals surface area contributed by atoms with Gasteiger partial charge in [-0.3, -0.25) is 13.9 Å². The number of imidazole rings is 1. The molecule has 4 aliphatic rings. The number of piperidine rings is 2. The second kappa shape index (κ2) is 11.8. The minimum absolute atomic E-state index is 0.0376. The van der Waals surface area contributed by atoms with E-state index in [1.807, 2.05) is 0 Å². The van der Waals surface area contributed by atoms with E-state index in [4.69, 9.17) is 4.74 Å². The Balaban J connectivity index is 1.31. The number of hydrogen-bond donors (Lipinski definition) is 1. The van der Waals surface area contributed by atoms with Crippen LogP contribution in [0.25, 0.3) is 11.2 Å². The Labute approximate surface area is 260 Å². The third-order valence-corrected chi connectivity index (χ3v) is 10.5. The highest BCUT2D eigenvalue weighted by Gasteiger charge is 2.54. The monoisotopic (exact) mass is 631 g/mol. The summed E-state index contributed by atoms with van der Waals surface area (Å²) in [7, 11) is 2.08. The standard InChI is InChI=1S/C33H43F4N6O2/c1-22-7-6-8-40(15-22)16-23-11-28(33(35,36)37)29-18-41(32(44)42(29)17-23)27-13-24(12-26(34)14-27)30(25-19-45-20-25)31-39(2)21-38-43(31)9-4-3-5-10-43/h11-14,17-18,22,25,30-31,38H,3-10,15-16,19-21H2,1-2H3/q+1/t22-,30-,31?/m0/s1. The van der Waals surface area contributed by atoms with E-state index < -0.39 is 23.2 Å². The molecule has 45 heavy (non-hydrogen) atoms. The maximum atomic E-state index is 15.5. The summed E-state index contributed by atoms with van der Waals surface area (Å²) in [6, 6.07) is 5.72. The van der Waals surface area contributed by atoms with Crippen LogP contribution in [0.3, 0.4) is 0 Å². The molecule has 3 atom stereocenters. The summed E-state index contributed by atoms with van der Waals surface area (Å²) >= 11 is 0. The Morgan fingerprint density at radius 3 is 2.53 bits per heavy atom. The molecule has 1 spiro atoms. The van der Waals surface area contributed by atoms with Gasteiger partial charge in [0.1, 0.15) is 12.5 Å². The van der Waals surface area contributed by atoms with Gasteiger partial charge in [-0.2, -0.15) is 18.6 Å². The number of hydrogen-bond acceptors (Lipinski definition) is 5. The van der Waals surface area contributed by atoms with Crippen molar-refractivity contribution in [3.05, 3.63) is 69.7 Å². The summed E-state index contributed by atoms with van der Waals surface area (Å²) in [6.07, 6.45) is 3.58. The van der Waals surface area contributed by atoms with E-state index in [-0.39, 0.29) is 29.2 Å². The van der Waals surface area contributed by atoms with E-state index >= 15 is 4.39 Å². The van der Waals surface area contributed by atoms with Gasteiger partial charge >= 0.3 is 11.9 Å². The van der Waals surface area contributed by atoms with Crippen LogP contribution in [0, 0.1) is 17.7 Å². The third-order valence-electron chi connectivity index (χ3n) is 10.5. The Morgan fingerprint density at radius 1 is 1.07 bits per heavy atom. The van der Waals surface area contributed by atoms with Gasteiger partial charge in [-0.1, -0.05) is 6.92 Å². The maximum absolute atomic E-state index is 15.5. The van der Waals surface area contributed by atoms with Crippen LogP contribution in [0.1, 0.15) is 61.6 Å². The molecule has 0 saturated carbocycles. The van der Waals surface area contributed by atoms with Crippen molar-refractivity contribution in [3.63, 3.8) is 0 Å². The Morgan fingerprint density at radius 2 is 1.84 bits per heavy atom. The molecule has 244 valence electrons. The summed E-state index contributed by atoms with van der Waals surface area (Å²) in [6.45, 7) is 7.88. The van der Waals surface area contributed by atoms with Crippen LogP contribution in [0.15, 0.2) is 41.5 Å². The molecule has 1 aromatic carbocycles. The second-order valence-corrected chi connectivity index (χ2v) is 13.9. The van der Waals surface area contributed by atoms with Gasteiger partial charge in [-0.15, -0.1) is 0 Å². The fraction of sp³-hybridized carbons (Fsp3) is 0.606. The van der Waals surface area contributed by atoms with E-state index in [9.17, 15) is 18.0 Å². The van der Waals surface area contributed by atoms with Crippen LogP contribution in [-0.2, 0) is 17.5 Å². The average molecular weight is 632 g/mol. The topological polar surface area (TPSA) is 54.2 Å². The van der Waals surface area contributed by atoms with Crippen LogP contribution in [-0.4, -0.2) is 82.6 Å². The Bertz CT molecular complexity index is 1600. The van der Waals surface area contributed by atoms with Gasteiger partial charge in [-0.25, -0.2) is 18.7 Å². The van der Waals surface area contributed by atoms with Crippen molar-refractivity contribution < 1.29 is 26.9 Å². The molecule has 0 amide bonds. The number of benzene rings is 1. The first kappa shape index (κ1) is 30.9. The van der Waals surface area contributed by atoms with Crippen LogP contribution in [0.4, 0.5) is 17.6 Å². The van der Waals surface area contributed by atoms with Gasteiger partial charge < -0.3 is 4.74 Å². The fourth-order valence-corrected chi connectivity index (χ4v) is 8.41. The highest BCUT2D eigenvalue weighted by atomic mass is 19.4. The molecule has 1 unspecified atom stereocenters. The van der Waals surface area contributed by atoms with Gasteiger partial charge in [0, 0.05) is 31.4 Å². The van der Waals surface area contributed by atoms with E-state index in [1.165, 1.54) is 35.5 Å². The van der Waals surface area contributed by atoms with Crippen molar-refractivity contribution in [2.75, 3.05) is 53.1 Å². The summed E-state index contributed by atoms with van der Waals surface area (Å²) in [5.41, 5.74) is 3.37. The number of nitrogens with zero attached hydrogens (tertiary/aromatic N) is 5. The molecule has 0 radical (unpaired) electrons. The first-order valence-electron chi connectivity index (χ1n) is 16.3. The van der Waals surface area contributed by atoms with Crippen molar-refractivity contribution in [3.8, 4) is 5.69 Å². The molecule has 1 N–H and O–H groups in total. The summed E-state index contributed by atoms with van der Waals surface area (Å²) in [4.78, 5) is 18.3. The molecule has 2 aromatic heterocycles. The molecular weight excluding hydrogens is 588 g/mol. The number of likely N-dealkylation sites (N-methyl/N-ethyl adjacent to an activating group) is 1. The van der Waals surface area contributed by atoms with Crippen molar-refractivity contribution in [1.29, 1.82) is 0 Å². The zero-order valence-electron chi connectivity index (χ0n) is 26.0. The van der Waals surface area contributed by atoms with Crippen molar-refractivity contribution in [1.82, 2.24) is 24.2 Å². The lowest BCUT2D eigenvalue weighted by Crippen LogP contribution is -2.65. The van der Waals surface area contributed by atoms with Gasteiger partial charge in [-0.05, 0) is 87.0 Å². The lowest BCUT2D eigenvalue weighted by molar-refractivity contribution is -0.989. The molecule has 0 aliphatic carbocycles. The number of quaternary nitrogens is 1. The molecule has 8 nitrogen and oxygen atoms in total. The molecule has 7 rings (SSSR count). The quantitative estimate of drug-likeness (QED) is 0.309. The van der Waals surface area contributed by atoms with Gasteiger partial charge in [0.25, 0.3) is 0 Å². The van der Waals surface area contributed by atoms with E-state index in [2.05, 4.69) is 29.2 Å². The minimum Gasteiger partial charge on any atom is -0.381 e. The highest BCUT2D eigenvalue weighted by molar-refractivity contribution is 5.58. The third kappa shape index (κ3) is 5.73. The van der Waals surface area contributed by atoms with Crippen LogP contribution < -0.4 is 11.1 Å². The molecule has 3 aromatic rings. The van der Waals surface area contributed by atoms with E-state index in [1.54, 1.807) is 6.07 Å². The summed E-state index contributed by atoms with van der Waals surface area (Å²) in [5, 5.41) is 0. The molecule has 4 fully saturated rings. The van der Waals surface area contributed by atoms with Crippen LogP contribution in [0.2, 0.25) is 0 Å². The average Bonchev–Trinajstić information content (AvgIpc) is 3.45. The van der Waals surface area contributed by atoms with Gasteiger partial charge in [0.05, 0.1) is 49.0 Å². The summed E-state index contributed by atoms with van der Waals surface area (Å²) < 4.78 is 67.3. The lowest BCUT2D eigenvalue weighted by atomic mass is 9.80. The number of fused-ring (bicyclic) bond motifs is 1. The van der Waals surface area contributed by atoms with Crippen molar-refractivity contribution >= 4 is 5.52 Å². The molecule has 4 saturated heterocycles. The molecular formula is C33H43F4N6O2+. The number of ether oxygens (including phenoxy) is 1. The number of nitrogens with one attached hydrogen (secondary N) is 1. The Kier molecular flexibility index (Phi) is 8.09. The number of likely N-dealkylation sites (tertiary alicyclic amines) is 1. The summed E-state index contributed by atoms with van der Waals surface area (Å²) in [5.74, 6) is 0.0103. The molecule has 6 heterocycles. The highest BCUT2D eigenvalue weighted by Crippen LogP contribution is 2.42. The Hall–Kier alpha value is -2.77. The van der Waals surface area contributed by atoms with Crippen molar-refractivity contribution in [2.45, 2.75) is 63.8 Å². The number of aromatic nitrogens is 2. The largest absolute Gasteiger partial charge is 0.418 e. The zero-order valence-corrected chi connectivity index (χ0v) is 26.0. The smallest absolute Gasteiger partial charge is 0.381 e. The number of halogens is 4. The van der Waals surface area contributed by atoms with Crippen LogP contribution in [0.5, 0.6) is 0 Å². The number of rotatable bonds is 6. The van der Waals surface area contributed by atoms with Gasteiger partial charge in [0.2, 0.25) is 0 Å². The lowest BCUT2D eigenvalue weighted by Gasteiger charge is -2.48. The zero-order chi connectivity index (χ0) is 31.5. The molecule has 0 bridgehead atoms. The number of alkyl halides is 3. The fourth-order valence-electron chi connectivity index (χ4n) is 8.41. The predicted octanol–water partition coefficient (Wildman–Crippen LogP) is 4.94. The minimum atomic E-state index is -4.66. The van der Waals surface area contributed by atoms with Crippen LogP contribution >= 0.6 is 0 Å². The van der Waals surface area contributed by atoms with Gasteiger partial charge in [0.15, 0.2) is 6.17 Å². The number of pyridine rings is 1.